The standard InChI is InChI=1S/C10H10F6O/c11-7-5-3-1-2-4-6(17)8(12)10(15,16)9(7,13)14/h5,8H,1-4H2/b7-5-/t8-/m1/s1. The molecule has 1 rings (SSSR count). The van der Waals surface area contributed by atoms with Gasteiger partial charge in [-0.05, 0) is 25.3 Å². The first-order chi connectivity index (χ1) is 7.71. The third-order valence-electron chi connectivity index (χ3n) is 2.52. The van der Waals surface area contributed by atoms with Crippen molar-refractivity contribution in [3.63, 3.8) is 0 Å². The van der Waals surface area contributed by atoms with Crippen LogP contribution in [0.5, 0.6) is 0 Å². The fraction of sp³-hybridized carbons (Fsp3) is 0.700. The summed E-state index contributed by atoms with van der Waals surface area (Å²) in [5.74, 6) is -14.7. The predicted octanol–water partition coefficient (Wildman–Crippen LogP) is 3.59. The van der Waals surface area contributed by atoms with E-state index in [2.05, 4.69) is 0 Å². The summed E-state index contributed by atoms with van der Waals surface area (Å²) in [6.45, 7) is 0. The molecule has 0 saturated carbocycles. The van der Waals surface area contributed by atoms with Gasteiger partial charge in [0.1, 0.15) is 0 Å². The van der Waals surface area contributed by atoms with Gasteiger partial charge in [0.15, 0.2) is 11.6 Å². The summed E-state index contributed by atoms with van der Waals surface area (Å²) in [5, 5.41) is 0. The Morgan fingerprint density at radius 3 is 2.35 bits per heavy atom. The molecule has 17 heavy (non-hydrogen) atoms. The first-order valence-corrected chi connectivity index (χ1v) is 5.00. The van der Waals surface area contributed by atoms with Crippen molar-refractivity contribution >= 4 is 5.78 Å². The maximum Gasteiger partial charge on any atom is 0.363 e. The third kappa shape index (κ3) is 2.47. The normalized spacial score (nSPS) is 32.7. The van der Waals surface area contributed by atoms with E-state index in [1.165, 1.54) is 0 Å². The predicted molar refractivity (Wildman–Crippen MR) is 47.5 cm³/mol. The first kappa shape index (κ1) is 14.1. The van der Waals surface area contributed by atoms with Gasteiger partial charge in [-0.15, -0.1) is 0 Å². The minimum Gasteiger partial charge on any atom is -0.296 e. The zero-order valence-electron chi connectivity index (χ0n) is 8.66. The maximum absolute atomic E-state index is 13.0. The number of ketones is 1. The molecule has 0 amide bonds. The summed E-state index contributed by atoms with van der Waals surface area (Å²) in [5.41, 5.74) is 0. The van der Waals surface area contributed by atoms with Crippen molar-refractivity contribution in [1.29, 1.82) is 0 Å². The molecule has 0 fully saturated rings. The van der Waals surface area contributed by atoms with Gasteiger partial charge in [0.25, 0.3) is 0 Å². The molecule has 1 aliphatic carbocycles. The average molecular weight is 260 g/mol. The van der Waals surface area contributed by atoms with Crippen LogP contribution in [0.4, 0.5) is 26.3 Å². The zero-order chi connectivity index (χ0) is 13.3. The molecule has 1 aliphatic rings. The van der Waals surface area contributed by atoms with E-state index in [0.717, 1.165) is 0 Å². The van der Waals surface area contributed by atoms with Crippen molar-refractivity contribution in [3.8, 4) is 0 Å². The smallest absolute Gasteiger partial charge is 0.296 e. The minimum absolute atomic E-state index is 0.0602. The van der Waals surface area contributed by atoms with Crippen LogP contribution in [0.2, 0.25) is 0 Å². The van der Waals surface area contributed by atoms with Gasteiger partial charge in [0, 0.05) is 6.42 Å². The molecule has 0 N–H and O–H groups in total. The Hall–Kier alpha value is -1.01. The summed E-state index contributed by atoms with van der Waals surface area (Å²) < 4.78 is 77.8. The van der Waals surface area contributed by atoms with Crippen LogP contribution in [0.3, 0.4) is 0 Å². The topological polar surface area (TPSA) is 17.1 Å². The molecule has 7 heteroatoms. The third-order valence-corrected chi connectivity index (χ3v) is 2.52. The summed E-state index contributed by atoms with van der Waals surface area (Å²) in [4.78, 5) is 10.9. The molecule has 0 radical (unpaired) electrons. The van der Waals surface area contributed by atoms with Crippen LogP contribution < -0.4 is 0 Å². The van der Waals surface area contributed by atoms with E-state index >= 15 is 0 Å². The maximum atomic E-state index is 13.0. The van der Waals surface area contributed by atoms with Crippen molar-refractivity contribution in [2.75, 3.05) is 0 Å². The lowest BCUT2D eigenvalue weighted by molar-refractivity contribution is -0.224. The van der Waals surface area contributed by atoms with Crippen molar-refractivity contribution in [2.45, 2.75) is 43.7 Å². The van der Waals surface area contributed by atoms with E-state index in [0.29, 0.717) is 6.08 Å². The van der Waals surface area contributed by atoms with Crippen molar-refractivity contribution < 1.29 is 31.1 Å². The molecule has 0 heterocycles. The fourth-order valence-electron chi connectivity index (χ4n) is 1.45. The fourth-order valence-corrected chi connectivity index (χ4v) is 1.45. The Morgan fingerprint density at radius 1 is 1.18 bits per heavy atom. The number of hydrogen-bond donors (Lipinski definition) is 0. The highest BCUT2D eigenvalue weighted by Gasteiger charge is 2.66. The lowest BCUT2D eigenvalue weighted by atomic mass is 9.96. The van der Waals surface area contributed by atoms with Crippen LogP contribution in [0.25, 0.3) is 0 Å². The Bertz CT molecular complexity index is 336. The SMILES string of the molecule is O=C1CCCC/C=C(\F)C(F)(F)C(F)(F)[C@@H]1F. The number of hydrogen-bond acceptors (Lipinski definition) is 1. The largest absolute Gasteiger partial charge is 0.363 e. The Morgan fingerprint density at radius 2 is 1.76 bits per heavy atom. The number of carbonyl (C=O) groups excluding carboxylic acids is 1. The van der Waals surface area contributed by atoms with Crippen LogP contribution in [0, 0.1) is 0 Å². The van der Waals surface area contributed by atoms with E-state index in [1.54, 1.807) is 0 Å². The average Bonchev–Trinajstić information content (AvgIpc) is 2.25. The number of alkyl halides is 5. The first-order valence-electron chi connectivity index (χ1n) is 5.00. The molecular formula is C10H10F6O. The quantitative estimate of drug-likeness (QED) is 0.608. The molecule has 1 nitrogen and oxygen atoms in total. The molecule has 0 aromatic rings. The lowest BCUT2D eigenvalue weighted by Gasteiger charge is -2.27. The number of Topliss-reactive ketones (excluding diaryl/α,β-unsaturated/α-hetero) is 1. The highest BCUT2D eigenvalue weighted by molar-refractivity contribution is 5.84. The second-order valence-corrected chi connectivity index (χ2v) is 3.82. The number of carbonyl (C=O) groups is 1. The van der Waals surface area contributed by atoms with Crippen molar-refractivity contribution in [3.05, 3.63) is 11.9 Å². The second kappa shape index (κ2) is 4.70. The number of rotatable bonds is 0. The number of allylic oxidation sites excluding steroid dienone is 2. The molecule has 1 atom stereocenters. The van der Waals surface area contributed by atoms with E-state index in [9.17, 15) is 31.1 Å². The highest BCUT2D eigenvalue weighted by Crippen LogP contribution is 2.45. The molecule has 0 aromatic heterocycles. The lowest BCUT2D eigenvalue weighted by Crippen LogP contribution is -2.51. The van der Waals surface area contributed by atoms with Crippen LogP contribution in [0.15, 0.2) is 11.9 Å². The minimum atomic E-state index is -5.36. The van der Waals surface area contributed by atoms with Gasteiger partial charge in [-0.2, -0.15) is 17.6 Å². The number of halogens is 6. The van der Waals surface area contributed by atoms with Crippen LogP contribution in [0.1, 0.15) is 25.7 Å². The Labute approximate surface area is 93.5 Å². The van der Waals surface area contributed by atoms with Gasteiger partial charge in [0.2, 0.25) is 6.17 Å². The monoisotopic (exact) mass is 260 g/mol. The molecule has 0 unspecified atom stereocenters. The van der Waals surface area contributed by atoms with E-state index in [-0.39, 0.29) is 19.3 Å². The zero-order valence-corrected chi connectivity index (χ0v) is 8.66. The summed E-state index contributed by atoms with van der Waals surface area (Å²) in [6, 6.07) is 0. The van der Waals surface area contributed by atoms with Gasteiger partial charge >= 0.3 is 11.8 Å². The van der Waals surface area contributed by atoms with Crippen LogP contribution in [-0.2, 0) is 4.79 Å². The highest BCUT2D eigenvalue weighted by atomic mass is 19.3. The summed E-state index contributed by atoms with van der Waals surface area (Å²) in [6.07, 6.45) is -3.90. The van der Waals surface area contributed by atoms with E-state index < -0.39 is 36.0 Å². The van der Waals surface area contributed by atoms with Gasteiger partial charge in [-0.25, -0.2) is 8.78 Å². The molecule has 0 bridgehead atoms. The van der Waals surface area contributed by atoms with Crippen LogP contribution in [-0.4, -0.2) is 23.8 Å². The molecule has 0 saturated heterocycles. The molecular weight excluding hydrogens is 250 g/mol. The van der Waals surface area contributed by atoms with Gasteiger partial charge in [-0.3, -0.25) is 4.79 Å². The Kier molecular flexibility index (Phi) is 3.88. The molecule has 0 spiro atoms. The Balaban J connectivity index is 3.17. The van der Waals surface area contributed by atoms with E-state index in [1.807, 2.05) is 0 Å². The molecule has 0 aliphatic heterocycles. The van der Waals surface area contributed by atoms with Crippen molar-refractivity contribution in [1.82, 2.24) is 0 Å². The van der Waals surface area contributed by atoms with Gasteiger partial charge < -0.3 is 0 Å². The summed E-state index contributed by atoms with van der Waals surface area (Å²) >= 11 is 0. The summed E-state index contributed by atoms with van der Waals surface area (Å²) in [7, 11) is 0. The molecule has 0 aromatic carbocycles. The van der Waals surface area contributed by atoms with E-state index in [4.69, 9.17) is 0 Å². The van der Waals surface area contributed by atoms with Gasteiger partial charge in [0.05, 0.1) is 0 Å². The second-order valence-electron chi connectivity index (χ2n) is 3.82. The van der Waals surface area contributed by atoms with Crippen molar-refractivity contribution in [2.24, 2.45) is 0 Å². The van der Waals surface area contributed by atoms with Gasteiger partial charge in [-0.1, -0.05) is 0 Å². The molecule has 98 valence electrons. The van der Waals surface area contributed by atoms with Crippen LogP contribution >= 0.6 is 0 Å².